The molecule has 1 fully saturated rings. The fourth-order valence-corrected chi connectivity index (χ4v) is 4.68. The minimum Gasteiger partial charge on any atom is -0.389 e. The first kappa shape index (κ1) is 17.1. The largest absolute Gasteiger partial charge is 0.389 e. The van der Waals surface area contributed by atoms with Crippen molar-refractivity contribution in [1.29, 1.82) is 0 Å². The molecule has 22 heavy (non-hydrogen) atoms. The number of hydrogen-bond acceptors (Lipinski definition) is 5. The number of ketones is 1. The van der Waals surface area contributed by atoms with Gasteiger partial charge in [-0.25, -0.2) is 8.42 Å². The van der Waals surface area contributed by atoms with Gasteiger partial charge in [0.2, 0.25) is 0 Å². The third kappa shape index (κ3) is 4.15. The van der Waals surface area contributed by atoms with Gasteiger partial charge in [-0.05, 0) is 31.5 Å². The van der Waals surface area contributed by atoms with Crippen LogP contribution < -0.4 is 5.73 Å². The molecule has 1 aliphatic carbocycles. The van der Waals surface area contributed by atoms with Gasteiger partial charge >= 0.3 is 0 Å². The number of hydrogen-bond donors (Lipinski definition) is 2. The Morgan fingerprint density at radius 1 is 1.23 bits per heavy atom. The third-order valence-corrected chi connectivity index (χ3v) is 6.02. The van der Waals surface area contributed by atoms with Gasteiger partial charge in [-0.3, -0.25) is 4.79 Å². The minimum absolute atomic E-state index is 0.0920. The molecular weight excluding hydrogens is 302 g/mol. The summed E-state index contributed by atoms with van der Waals surface area (Å²) in [7, 11) is -3.62. The van der Waals surface area contributed by atoms with E-state index in [-0.39, 0.29) is 29.4 Å². The Morgan fingerprint density at radius 2 is 1.91 bits per heavy atom. The van der Waals surface area contributed by atoms with Crippen molar-refractivity contribution in [3.8, 4) is 0 Å². The number of nitrogens with two attached hydrogens (primary N) is 1. The lowest BCUT2D eigenvalue weighted by Crippen LogP contribution is -2.39. The first-order valence-electron chi connectivity index (χ1n) is 7.65. The topological polar surface area (TPSA) is 97.5 Å². The van der Waals surface area contributed by atoms with Crippen LogP contribution in [0.2, 0.25) is 0 Å². The molecule has 0 unspecified atom stereocenters. The van der Waals surface area contributed by atoms with Crippen LogP contribution in [0.25, 0.3) is 0 Å². The van der Waals surface area contributed by atoms with Crippen molar-refractivity contribution in [3.05, 3.63) is 29.8 Å². The zero-order valence-electron chi connectivity index (χ0n) is 12.6. The van der Waals surface area contributed by atoms with E-state index in [1.165, 1.54) is 12.1 Å². The van der Waals surface area contributed by atoms with Crippen molar-refractivity contribution in [2.75, 3.05) is 12.3 Å². The Labute approximate surface area is 131 Å². The van der Waals surface area contributed by atoms with Crippen LogP contribution in [0.4, 0.5) is 0 Å². The number of rotatable bonds is 6. The molecule has 2 rings (SSSR count). The van der Waals surface area contributed by atoms with Crippen LogP contribution in [-0.4, -0.2) is 37.2 Å². The van der Waals surface area contributed by atoms with Gasteiger partial charge in [-0.2, -0.15) is 0 Å². The maximum atomic E-state index is 12.5. The first-order chi connectivity index (χ1) is 10.4. The van der Waals surface area contributed by atoms with Gasteiger partial charge < -0.3 is 10.8 Å². The smallest absolute Gasteiger partial charge is 0.181 e. The van der Waals surface area contributed by atoms with Crippen LogP contribution in [0, 0.1) is 0 Å². The zero-order chi connectivity index (χ0) is 16.2. The van der Waals surface area contributed by atoms with Crippen molar-refractivity contribution >= 4 is 15.6 Å². The van der Waals surface area contributed by atoms with Crippen LogP contribution in [-0.2, 0) is 9.84 Å². The fraction of sp³-hybridized carbons (Fsp3) is 0.562. The number of carbonyl (C=O) groups excluding carboxylic acids is 1. The maximum Gasteiger partial charge on any atom is 0.181 e. The van der Waals surface area contributed by atoms with Gasteiger partial charge in [0.15, 0.2) is 15.6 Å². The summed E-state index contributed by atoms with van der Waals surface area (Å²) in [6.07, 6.45) is 3.94. The second kappa shape index (κ2) is 6.89. The average molecular weight is 325 g/mol. The van der Waals surface area contributed by atoms with Gasteiger partial charge in [0.1, 0.15) is 0 Å². The molecule has 0 saturated heterocycles. The Morgan fingerprint density at radius 3 is 2.55 bits per heavy atom. The molecule has 3 N–H and O–H groups in total. The molecule has 1 aromatic rings. The van der Waals surface area contributed by atoms with E-state index in [1.54, 1.807) is 12.1 Å². The average Bonchev–Trinajstić information content (AvgIpc) is 2.47. The number of aliphatic hydroxyl groups is 1. The van der Waals surface area contributed by atoms with Crippen LogP contribution in [0.15, 0.2) is 29.2 Å². The first-order valence-corrected chi connectivity index (χ1v) is 9.30. The van der Waals surface area contributed by atoms with Crippen molar-refractivity contribution in [3.63, 3.8) is 0 Å². The molecule has 1 aliphatic rings. The molecule has 0 heterocycles. The lowest BCUT2D eigenvalue weighted by atomic mass is 9.86. The lowest BCUT2D eigenvalue weighted by molar-refractivity contribution is 0.0257. The Kier molecular flexibility index (Phi) is 5.36. The van der Waals surface area contributed by atoms with Gasteiger partial charge in [0.25, 0.3) is 0 Å². The predicted molar refractivity (Wildman–Crippen MR) is 84.5 cm³/mol. The molecule has 0 atom stereocenters. The van der Waals surface area contributed by atoms with E-state index >= 15 is 0 Å². The fourth-order valence-electron chi connectivity index (χ4n) is 2.93. The van der Waals surface area contributed by atoms with E-state index in [1.807, 2.05) is 0 Å². The molecule has 0 amide bonds. The number of benzene rings is 1. The molecule has 0 spiro atoms. The van der Waals surface area contributed by atoms with E-state index in [2.05, 4.69) is 0 Å². The SMILES string of the molecule is NCCC(=O)c1cccc(S(=O)(=O)CC2(O)CCCCC2)c1. The Bertz CT molecular complexity index is 633. The highest BCUT2D eigenvalue weighted by molar-refractivity contribution is 7.91. The summed E-state index contributed by atoms with van der Waals surface area (Å²) in [6.45, 7) is 0.232. The molecular formula is C16H23NO4S. The normalized spacial score (nSPS) is 18.1. The second-order valence-electron chi connectivity index (χ2n) is 6.03. The number of carbonyl (C=O) groups is 1. The van der Waals surface area contributed by atoms with Crippen molar-refractivity contribution in [1.82, 2.24) is 0 Å². The standard InChI is InChI=1S/C16H23NO4S/c17-10-7-15(18)13-5-4-6-14(11-13)22(20,21)12-16(19)8-2-1-3-9-16/h4-6,11,19H,1-3,7-10,12,17H2. The molecule has 5 nitrogen and oxygen atoms in total. The molecule has 1 saturated carbocycles. The van der Waals surface area contributed by atoms with Crippen LogP contribution >= 0.6 is 0 Å². The van der Waals surface area contributed by atoms with E-state index in [0.717, 1.165) is 19.3 Å². The minimum atomic E-state index is -3.62. The van der Waals surface area contributed by atoms with Gasteiger partial charge in [-0.15, -0.1) is 0 Å². The van der Waals surface area contributed by atoms with E-state index in [0.29, 0.717) is 18.4 Å². The number of Topliss-reactive ketones (excluding diaryl/α,β-unsaturated/α-hetero) is 1. The van der Waals surface area contributed by atoms with Gasteiger partial charge in [-0.1, -0.05) is 31.4 Å². The van der Waals surface area contributed by atoms with Gasteiger partial charge in [0.05, 0.1) is 16.2 Å². The third-order valence-electron chi connectivity index (χ3n) is 4.13. The predicted octanol–water partition coefficient (Wildman–Crippen LogP) is 1.69. The molecule has 0 radical (unpaired) electrons. The molecule has 122 valence electrons. The zero-order valence-corrected chi connectivity index (χ0v) is 13.4. The summed E-state index contributed by atoms with van der Waals surface area (Å²) in [6, 6.07) is 6.01. The summed E-state index contributed by atoms with van der Waals surface area (Å²) < 4.78 is 25.1. The van der Waals surface area contributed by atoms with E-state index < -0.39 is 15.4 Å². The highest BCUT2D eigenvalue weighted by atomic mass is 32.2. The monoisotopic (exact) mass is 325 g/mol. The second-order valence-corrected chi connectivity index (χ2v) is 8.02. The molecule has 1 aromatic carbocycles. The molecule has 0 aromatic heterocycles. The van der Waals surface area contributed by atoms with Crippen molar-refractivity contribution in [2.45, 2.75) is 49.0 Å². The number of sulfone groups is 1. The summed E-state index contributed by atoms with van der Waals surface area (Å²) in [5, 5.41) is 10.5. The van der Waals surface area contributed by atoms with E-state index in [4.69, 9.17) is 5.73 Å². The summed E-state index contributed by atoms with van der Waals surface area (Å²) >= 11 is 0. The van der Waals surface area contributed by atoms with Crippen molar-refractivity contribution < 1.29 is 18.3 Å². The lowest BCUT2D eigenvalue weighted by Gasteiger charge is -2.31. The highest BCUT2D eigenvalue weighted by Crippen LogP contribution is 2.31. The summed E-state index contributed by atoms with van der Waals surface area (Å²) in [5.41, 5.74) is 4.56. The van der Waals surface area contributed by atoms with E-state index in [9.17, 15) is 18.3 Å². The van der Waals surface area contributed by atoms with Crippen LogP contribution in [0.3, 0.4) is 0 Å². The van der Waals surface area contributed by atoms with Crippen molar-refractivity contribution in [2.24, 2.45) is 5.73 Å². The quantitative estimate of drug-likeness (QED) is 0.776. The van der Waals surface area contributed by atoms with Crippen LogP contribution in [0.5, 0.6) is 0 Å². The molecule has 0 aliphatic heterocycles. The summed E-state index contributed by atoms with van der Waals surface area (Å²) in [5.74, 6) is -0.454. The Hall–Kier alpha value is -1.24. The summed E-state index contributed by atoms with van der Waals surface area (Å²) in [4.78, 5) is 11.9. The highest BCUT2D eigenvalue weighted by Gasteiger charge is 2.35. The molecule has 0 bridgehead atoms. The Balaban J connectivity index is 2.22. The maximum absolute atomic E-state index is 12.5. The van der Waals surface area contributed by atoms with Crippen LogP contribution in [0.1, 0.15) is 48.9 Å². The van der Waals surface area contributed by atoms with Gasteiger partial charge in [0, 0.05) is 12.0 Å². The molecule has 6 heteroatoms.